The van der Waals surface area contributed by atoms with E-state index in [1.165, 1.54) is 63.4 Å². The van der Waals surface area contributed by atoms with Crippen LogP contribution < -0.4 is 0 Å². The lowest BCUT2D eigenvalue weighted by molar-refractivity contribution is -0.196. The van der Waals surface area contributed by atoms with E-state index in [4.69, 9.17) is 14.2 Å². The van der Waals surface area contributed by atoms with Gasteiger partial charge in [-0.15, -0.1) is 0 Å². The molecule has 210 valence electrons. The Morgan fingerprint density at radius 1 is 0.947 bits per heavy atom. The lowest BCUT2D eigenvalue weighted by Crippen LogP contribution is -2.35. The number of hydrogen-bond acceptors (Lipinski definition) is 4. The molecule has 0 amide bonds. The zero-order valence-electron chi connectivity index (χ0n) is 23.5. The predicted molar refractivity (Wildman–Crippen MR) is 152 cm³/mol. The second-order valence-electron chi connectivity index (χ2n) is 12.4. The summed E-state index contributed by atoms with van der Waals surface area (Å²) in [5.74, 6) is 2.27. The Hall–Kier alpha value is -1.49. The van der Waals surface area contributed by atoms with Gasteiger partial charge in [0.15, 0.2) is 6.29 Å². The number of rotatable bonds is 14. The highest BCUT2D eigenvalue weighted by Crippen LogP contribution is 2.50. The highest BCUT2D eigenvalue weighted by molar-refractivity contribution is 5.82. The number of fused-ring (bicyclic) bond motifs is 1. The van der Waals surface area contributed by atoms with E-state index in [1.54, 1.807) is 5.57 Å². The summed E-state index contributed by atoms with van der Waals surface area (Å²) in [6, 6.07) is 10.4. The van der Waals surface area contributed by atoms with Crippen molar-refractivity contribution in [2.24, 2.45) is 23.7 Å². The smallest absolute Gasteiger partial charge is 0.157 e. The van der Waals surface area contributed by atoms with E-state index >= 15 is 0 Å². The van der Waals surface area contributed by atoms with E-state index in [0.29, 0.717) is 24.2 Å². The second-order valence-corrected chi connectivity index (χ2v) is 12.4. The number of hydrogen-bond donors (Lipinski definition) is 0. The van der Waals surface area contributed by atoms with Gasteiger partial charge in [0.2, 0.25) is 0 Å². The minimum absolute atomic E-state index is 0.0477. The van der Waals surface area contributed by atoms with E-state index in [-0.39, 0.29) is 18.3 Å². The van der Waals surface area contributed by atoms with Crippen LogP contribution in [0, 0.1) is 23.7 Å². The van der Waals surface area contributed by atoms with Crippen molar-refractivity contribution in [1.29, 1.82) is 0 Å². The molecular weight excluding hydrogens is 472 g/mol. The van der Waals surface area contributed by atoms with Crippen molar-refractivity contribution in [1.82, 2.24) is 0 Å². The van der Waals surface area contributed by atoms with Crippen LogP contribution in [0.2, 0.25) is 0 Å². The van der Waals surface area contributed by atoms with Crippen molar-refractivity contribution >= 4 is 5.78 Å². The molecular formula is C34H50O4. The first kappa shape index (κ1) is 28.1. The van der Waals surface area contributed by atoms with Crippen LogP contribution in [-0.4, -0.2) is 31.4 Å². The molecule has 0 radical (unpaired) electrons. The lowest BCUT2D eigenvalue weighted by Gasteiger charge is -2.30. The molecule has 0 aromatic heterocycles. The average Bonchev–Trinajstić information content (AvgIpc) is 3.49. The van der Waals surface area contributed by atoms with Gasteiger partial charge in [0.05, 0.1) is 12.7 Å². The summed E-state index contributed by atoms with van der Waals surface area (Å²) in [6.45, 7) is 2.34. The minimum atomic E-state index is -0.103. The first-order valence-corrected chi connectivity index (χ1v) is 15.9. The number of ether oxygens (including phenoxy) is 3. The van der Waals surface area contributed by atoms with Gasteiger partial charge in [-0.3, -0.25) is 4.79 Å². The SMILES string of the molecule is O=C(CCC1CCCCC1)[C@H]1[C@@H]2CC(CCCCCOCc3ccccc3)=C[C@@H]2C[C@@H]1OC1CCCCO1. The zero-order valence-corrected chi connectivity index (χ0v) is 23.5. The van der Waals surface area contributed by atoms with E-state index in [9.17, 15) is 4.79 Å². The van der Waals surface area contributed by atoms with Crippen molar-refractivity contribution in [3.63, 3.8) is 0 Å². The summed E-state index contributed by atoms with van der Waals surface area (Å²) in [7, 11) is 0. The number of carbonyl (C=O) groups is 1. The molecule has 2 saturated carbocycles. The number of carbonyl (C=O) groups excluding carboxylic acids is 1. The average molecular weight is 523 g/mol. The van der Waals surface area contributed by atoms with Crippen LogP contribution >= 0.6 is 0 Å². The molecule has 0 spiro atoms. The Kier molecular flexibility index (Phi) is 10.9. The second kappa shape index (κ2) is 14.8. The normalized spacial score (nSPS) is 29.8. The van der Waals surface area contributed by atoms with Gasteiger partial charge < -0.3 is 14.2 Å². The Morgan fingerprint density at radius 3 is 2.61 bits per heavy atom. The van der Waals surface area contributed by atoms with E-state index in [2.05, 4.69) is 30.3 Å². The molecule has 0 N–H and O–H groups in total. The fourth-order valence-electron chi connectivity index (χ4n) is 7.55. The van der Waals surface area contributed by atoms with Gasteiger partial charge >= 0.3 is 0 Å². The number of ketones is 1. The molecule has 1 heterocycles. The topological polar surface area (TPSA) is 44.8 Å². The quantitative estimate of drug-likeness (QED) is 0.182. The Morgan fingerprint density at radius 2 is 1.79 bits per heavy atom. The number of Topliss-reactive ketones (excluding diaryl/α,β-unsaturated/α-hetero) is 1. The van der Waals surface area contributed by atoms with Gasteiger partial charge in [0.25, 0.3) is 0 Å². The third kappa shape index (κ3) is 8.02. The highest BCUT2D eigenvalue weighted by Gasteiger charge is 2.49. The fraction of sp³-hybridized carbons (Fsp3) is 0.735. The maximum Gasteiger partial charge on any atom is 0.157 e. The monoisotopic (exact) mass is 522 g/mol. The van der Waals surface area contributed by atoms with Crippen molar-refractivity contribution in [2.45, 2.75) is 122 Å². The molecule has 1 aromatic carbocycles. The molecule has 4 nitrogen and oxygen atoms in total. The molecule has 4 heteroatoms. The van der Waals surface area contributed by atoms with Crippen molar-refractivity contribution in [3.8, 4) is 0 Å². The summed E-state index contributed by atoms with van der Waals surface area (Å²) < 4.78 is 18.3. The predicted octanol–water partition coefficient (Wildman–Crippen LogP) is 8.19. The van der Waals surface area contributed by atoms with Crippen molar-refractivity contribution in [3.05, 3.63) is 47.5 Å². The maximum absolute atomic E-state index is 13.7. The van der Waals surface area contributed by atoms with Crippen molar-refractivity contribution in [2.75, 3.05) is 13.2 Å². The van der Waals surface area contributed by atoms with Crippen LogP contribution in [-0.2, 0) is 25.6 Å². The van der Waals surface area contributed by atoms with Gasteiger partial charge in [-0.2, -0.15) is 0 Å². The van der Waals surface area contributed by atoms with Crippen LogP contribution in [0.4, 0.5) is 0 Å². The number of allylic oxidation sites excluding steroid dienone is 2. The largest absolute Gasteiger partial charge is 0.377 e. The van der Waals surface area contributed by atoms with Crippen molar-refractivity contribution < 1.29 is 19.0 Å². The summed E-state index contributed by atoms with van der Waals surface area (Å²) in [6.07, 6.45) is 21.1. The van der Waals surface area contributed by atoms with Gasteiger partial charge in [0.1, 0.15) is 5.78 Å². The standard InChI is InChI=1S/C34H50O4/c35-31(19-18-26-12-4-1-5-13-26)34-30-23-28(16-8-3-10-20-36-25-27-14-6-2-7-15-27)22-29(30)24-32(34)38-33-17-9-11-21-37-33/h2,6-7,14-15,22,26,29-30,32-34H,1,3-5,8-13,16-21,23-25H2/t29-,30-,32+,33?,34-/m1/s1. The summed E-state index contributed by atoms with van der Waals surface area (Å²) in [5.41, 5.74) is 2.83. The van der Waals surface area contributed by atoms with Gasteiger partial charge in [-0.1, -0.05) is 80.5 Å². The van der Waals surface area contributed by atoms with Gasteiger partial charge in [-0.25, -0.2) is 0 Å². The van der Waals surface area contributed by atoms with Gasteiger partial charge in [0, 0.05) is 25.6 Å². The molecule has 5 rings (SSSR count). The zero-order chi connectivity index (χ0) is 26.0. The molecule has 3 fully saturated rings. The fourth-order valence-corrected chi connectivity index (χ4v) is 7.55. The van der Waals surface area contributed by atoms with E-state index < -0.39 is 0 Å². The van der Waals surface area contributed by atoms with Crippen LogP contribution in [0.15, 0.2) is 42.0 Å². The van der Waals surface area contributed by atoms with Crippen LogP contribution in [0.1, 0.15) is 108 Å². The molecule has 38 heavy (non-hydrogen) atoms. The highest BCUT2D eigenvalue weighted by atomic mass is 16.7. The Labute approximate surface area is 230 Å². The maximum atomic E-state index is 13.7. The molecule has 3 aliphatic carbocycles. The van der Waals surface area contributed by atoms with Crippen LogP contribution in [0.5, 0.6) is 0 Å². The number of benzene rings is 1. The molecule has 1 aliphatic heterocycles. The summed E-state index contributed by atoms with van der Waals surface area (Å²) in [5, 5.41) is 0. The molecule has 1 unspecified atom stereocenters. The third-order valence-electron chi connectivity index (χ3n) is 9.62. The lowest BCUT2D eigenvalue weighted by atomic mass is 9.81. The molecule has 4 aliphatic rings. The number of unbranched alkanes of at least 4 members (excludes halogenated alkanes) is 2. The third-order valence-corrected chi connectivity index (χ3v) is 9.62. The molecule has 1 aromatic rings. The van der Waals surface area contributed by atoms with Crippen LogP contribution in [0.25, 0.3) is 0 Å². The van der Waals surface area contributed by atoms with E-state index in [0.717, 1.165) is 64.1 Å². The molecule has 1 saturated heterocycles. The summed E-state index contributed by atoms with van der Waals surface area (Å²) >= 11 is 0. The summed E-state index contributed by atoms with van der Waals surface area (Å²) in [4.78, 5) is 13.7. The minimum Gasteiger partial charge on any atom is -0.377 e. The first-order chi connectivity index (χ1) is 18.8. The molecule has 0 bridgehead atoms. The Bertz CT molecular complexity index is 868. The van der Waals surface area contributed by atoms with Crippen LogP contribution in [0.3, 0.4) is 0 Å². The van der Waals surface area contributed by atoms with Gasteiger partial charge in [-0.05, 0) is 81.1 Å². The Balaban J connectivity index is 1.07. The molecule has 5 atom stereocenters. The van der Waals surface area contributed by atoms with E-state index in [1.807, 2.05) is 6.07 Å². The first-order valence-electron chi connectivity index (χ1n) is 15.9.